The van der Waals surface area contributed by atoms with Crippen LogP contribution in [0.5, 0.6) is 11.5 Å². The molecule has 2 N–H and O–H groups in total. The molecule has 0 radical (unpaired) electrons. The maximum Gasteiger partial charge on any atom is 0.142 e. The van der Waals surface area contributed by atoms with Gasteiger partial charge in [-0.05, 0) is 48.5 Å². The van der Waals surface area contributed by atoms with Crippen molar-refractivity contribution < 1.29 is 14.6 Å². The lowest BCUT2D eigenvalue weighted by Gasteiger charge is -2.17. The Bertz CT molecular complexity index is 1150. The highest BCUT2D eigenvalue weighted by Gasteiger charge is 2.15. The molecule has 4 aromatic rings. The van der Waals surface area contributed by atoms with Crippen molar-refractivity contribution in [2.45, 2.75) is 12.6 Å². The number of ether oxygens (including phenoxy) is 2. The third-order valence-corrected chi connectivity index (χ3v) is 5.59. The largest absolute Gasteiger partial charge is 0.497 e. The molecule has 1 atom stereocenters. The molecule has 3 aromatic carbocycles. The van der Waals surface area contributed by atoms with Crippen LogP contribution >= 0.6 is 23.2 Å². The van der Waals surface area contributed by atoms with Crippen molar-refractivity contribution >= 4 is 50.7 Å². The van der Waals surface area contributed by atoms with Crippen molar-refractivity contribution in [3.8, 4) is 11.5 Å². The van der Waals surface area contributed by atoms with Gasteiger partial charge in [-0.1, -0.05) is 23.2 Å². The first kappa shape index (κ1) is 20.7. The van der Waals surface area contributed by atoms with E-state index in [9.17, 15) is 5.11 Å². The molecule has 5 nitrogen and oxygen atoms in total. The Kier molecular flexibility index (Phi) is 5.95. The summed E-state index contributed by atoms with van der Waals surface area (Å²) in [5, 5.41) is 17.4. The Hall–Kier alpha value is -2.60. The molecule has 0 fully saturated rings. The zero-order chi connectivity index (χ0) is 21.3. The summed E-state index contributed by atoms with van der Waals surface area (Å²) in [6, 6.07) is 17.0. The van der Waals surface area contributed by atoms with E-state index in [1.807, 2.05) is 54.6 Å². The van der Waals surface area contributed by atoms with Gasteiger partial charge in [-0.3, -0.25) is 0 Å². The van der Waals surface area contributed by atoms with Crippen LogP contribution in [-0.4, -0.2) is 36.5 Å². The van der Waals surface area contributed by atoms with E-state index in [2.05, 4.69) is 9.88 Å². The standard InChI is InChI=1S/C23H22Cl2N2O3/c1-29-17-5-8-23(30-2)20(11-17)26-12-16(28)13-27-21-6-3-14(24)9-18(21)19-10-15(25)4-7-22(19)27/h3-11,16,26,28H,12-13H2,1-2H3/t16-/m0/s1. The quantitative estimate of drug-likeness (QED) is 0.389. The summed E-state index contributed by atoms with van der Waals surface area (Å²) < 4.78 is 12.8. The van der Waals surface area contributed by atoms with E-state index >= 15 is 0 Å². The van der Waals surface area contributed by atoms with Crippen LogP contribution in [0.3, 0.4) is 0 Å². The summed E-state index contributed by atoms with van der Waals surface area (Å²) in [7, 11) is 3.22. The third-order valence-electron chi connectivity index (χ3n) is 5.12. The van der Waals surface area contributed by atoms with Gasteiger partial charge in [-0.25, -0.2) is 0 Å². The average molecular weight is 445 g/mol. The highest BCUT2D eigenvalue weighted by Crippen LogP contribution is 2.33. The Labute approximate surface area is 184 Å². The molecule has 0 aliphatic carbocycles. The summed E-state index contributed by atoms with van der Waals surface area (Å²) in [5.74, 6) is 1.40. The van der Waals surface area contributed by atoms with Crippen LogP contribution in [0.4, 0.5) is 5.69 Å². The molecule has 0 unspecified atom stereocenters. The Morgan fingerprint density at radius 3 is 2.10 bits per heavy atom. The van der Waals surface area contributed by atoms with Gasteiger partial charge in [-0.15, -0.1) is 0 Å². The Morgan fingerprint density at radius 1 is 0.900 bits per heavy atom. The van der Waals surface area contributed by atoms with Crippen molar-refractivity contribution in [3.63, 3.8) is 0 Å². The van der Waals surface area contributed by atoms with Gasteiger partial charge in [0.1, 0.15) is 11.5 Å². The van der Waals surface area contributed by atoms with E-state index in [0.717, 1.165) is 27.5 Å². The van der Waals surface area contributed by atoms with Crippen molar-refractivity contribution in [1.82, 2.24) is 4.57 Å². The van der Waals surface area contributed by atoms with E-state index in [1.165, 1.54) is 0 Å². The van der Waals surface area contributed by atoms with Crippen molar-refractivity contribution in [3.05, 3.63) is 64.6 Å². The number of hydrogen-bond acceptors (Lipinski definition) is 4. The second-order valence-corrected chi connectivity index (χ2v) is 7.91. The zero-order valence-corrected chi connectivity index (χ0v) is 18.2. The fourth-order valence-electron chi connectivity index (χ4n) is 3.70. The van der Waals surface area contributed by atoms with Gasteiger partial charge in [0.2, 0.25) is 0 Å². The van der Waals surface area contributed by atoms with E-state index in [4.69, 9.17) is 32.7 Å². The number of aliphatic hydroxyl groups is 1. The van der Waals surface area contributed by atoms with Crippen molar-refractivity contribution in [2.75, 3.05) is 26.1 Å². The molecular weight excluding hydrogens is 423 g/mol. The lowest BCUT2D eigenvalue weighted by molar-refractivity contribution is 0.169. The van der Waals surface area contributed by atoms with E-state index in [1.54, 1.807) is 14.2 Å². The number of methoxy groups -OCH3 is 2. The normalized spacial score (nSPS) is 12.3. The van der Waals surface area contributed by atoms with Crippen LogP contribution in [0, 0.1) is 0 Å². The summed E-state index contributed by atoms with van der Waals surface area (Å²) in [6.07, 6.45) is -0.647. The maximum atomic E-state index is 10.8. The number of nitrogens with zero attached hydrogens (tertiary/aromatic N) is 1. The molecule has 156 valence electrons. The first-order chi connectivity index (χ1) is 14.5. The van der Waals surface area contributed by atoms with Crippen LogP contribution in [0.1, 0.15) is 0 Å². The monoisotopic (exact) mass is 444 g/mol. The minimum Gasteiger partial charge on any atom is -0.497 e. The number of halogens is 2. The SMILES string of the molecule is COc1ccc(OC)c(NC[C@H](O)Cn2c3ccc(Cl)cc3c3cc(Cl)ccc32)c1. The second kappa shape index (κ2) is 8.64. The number of aliphatic hydroxyl groups excluding tert-OH is 1. The fourth-order valence-corrected chi connectivity index (χ4v) is 4.04. The smallest absolute Gasteiger partial charge is 0.142 e. The minimum absolute atomic E-state index is 0.339. The van der Waals surface area contributed by atoms with Crippen LogP contribution in [0.25, 0.3) is 21.8 Å². The van der Waals surface area contributed by atoms with Gasteiger partial charge >= 0.3 is 0 Å². The number of benzene rings is 3. The summed E-state index contributed by atoms with van der Waals surface area (Å²) in [6.45, 7) is 0.744. The van der Waals surface area contributed by atoms with Crippen molar-refractivity contribution in [2.24, 2.45) is 0 Å². The van der Waals surface area contributed by atoms with Gasteiger partial charge in [-0.2, -0.15) is 0 Å². The van der Waals surface area contributed by atoms with Crippen LogP contribution in [0.15, 0.2) is 54.6 Å². The number of fused-ring (bicyclic) bond motifs is 3. The maximum absolute atomic E-state index is 10.8. The van der Waals surface area contributed by atoms with Crippen LogP contribution in [0.2, 0.25) is 10.0 Å². The van der Waals surface area contributed by atoms with Crippen LogP contribution in [-0.2, 0) is 6.54 Å². The molecular formula is C23H22Cl2N2O3. The second-order valence-electron chi connectivity index (χ2n) is 7.03. The first-order valence-electron chi connectivity index (χ1n) is 9.51. The number of rotatable bonds is 7. The van der Waals surface area contributed by atoms with E-state index in [-0.39, 0.29) is 0 Å². The average Bonchev–Trinajstić information content (AvgIpc) is 3.04. The molecule has 0 saturated heterocycles. The molecule has 0 bridgehead atoms. The van der Waals surface area contributed by atoms with Gasteiger partial charge in [0.05, 0.1) is 32.6 Å². The third kappa shape index (κ3) is 4.01. The zero-order valence-electron chi connectivity index (χ0n) is 16.7. The fraction of sp³-hybridized carbons (Fsp3) is 0.217. The topological polar surface area (TPSA) is 55.6 Å². The predicted octanol–water partition coefficient (Wildman–Crippen LogP) is 5.59. The number of nitrogens with one attached hydrogen (secondary N) is 1. The van der Waals surface area contributed by atoms with Crippen LogP contribution < -0.4 is 14.8 Å². The summed E-state index contributed by atoms with van der Waals surface area (Å²) in [5.41, 5.74) is 2.75. The highest BCUT2D eigenvalue weighted by atomic mass is 35.5. The number of anilines is 1. The lowest BCUT2D eigenvalue weighted by atomic mass is 10.1. The molecule has 4 rings (SSSR count). The first-order valence-corrected chi connectivity index (χ1v) is 10.3. The summed E-state index contributed by atoms with van der Waals surface area (Å²) in [4.78, 5) is 0. The minimum atomic E-state index is -0.647. The van der Waals surface area contributed by atoms with Gasteiger partial charge in [0, 0.05) is 44.5 Å². The molecule has 0 saturated carbocycles. The Balaban J connectivity index is 1.61. The molecule has 1 heterocycles. The van der Waals surface area contributed by atoms with E-state index in [0.29, 0.717) is 34.6 Å². The molecule has 30 heavy (non-hydrogen) atoms. The van der Waals surface area contributed by atoms with Crippen molar-refractivity contribution in [1.29, 1.82) is 0 Å². The molecule has 0 amide bonds. The summed E-state index contributed by atoms with van der Waals surface area (Å²) >= 11 is 12.4. The predicted molar refractivity (Wildman–Crippen MR) is 124 cm³/mol. The van der Waals surface area contributed by atoms with Gasteiger partial charge < -0.3 is 24.5 Å². The van der Waals surface area contributed by atoms with Gasteiger partial charge in [0.15, 0.2) is 0 Å². The van der Waals surface area contributed by atoms with Gasteiger partial charge in [0.25, 0.3) is 0 Å². The Morgan fingerprint density at radius 2 is 1.53 bits per heavy atom. The highest BCUT2D eigenvalue weighted by molar-refractivity contribution is 6.33. The molecule has 1 aromatic heterocycles. The lowest BCUT2D eigenvalue weighted by Crippen LogP contribution is -2.25. The molecule has 0 aliphatic heterocycles. The number of aromatic nitrogens is 1. The molecule has 7 heteroatoms. The molecule has 0 spiro atoms. The van der Waals surface area contributed by atoms with E-state index < -0.39 is 6.10 Å². The number of hydrogen-bond donors (Lipinski definition) is 2. The molecule has 0 aliphatic rings.